The number of hydrogen-bond acceptors (Lipinski definition) is 5. The van der Waals surface area contributed by atoms with Crippen molar-refractivity contribution in [1.82, 2.24) is 0 Å². The lowest BCUT2D eigenvalue weighted by atomic mass is 9.97. The van der Waals surface area contributed by atoms with Gasteiger partial charge in [-0.3, -0.25) is 9.59 Å². The molecule has 0 spiro atoms. The van der Waals surface area contributed by atoms with Crippen LogP contribution in [0.3, 0.4) is 0 Å². The summed E-state index contributed by atoms with van der Waals surface area (Å²) >= 11 is 0. The number of nitrogens with zero attached hydrogens (tertiary/aromatic N) is 1. The molecule has 0 radical (unpaired) electrons. The Morgan fingerprint density at radius 1 is 1.06 bits per heavy atom. The fraction of sp³-hybridized carbons (Fsp3) is 0.357. The van der Waals surface area contributed by atoms with Crippen LogP contribution in [0.1, 0.15) is 63.0 Å². The molecule has 2 aromatic carbocycles. The minimum atomic E-state index is -0.577. The highest BCUT2D eigenvalue weighted by molar-refractivity contribution is 6.09. The zero-order valence-corrected chi connectivity index (χ0v) is 20.3. The smallest absolute Gasteiger partial charge is 0.313 e. The predicted octanol–water partition coefficient (Wildman–Crippen LogP) is 6.17. The van der Waals surface area contributed by atoms with Crippen LogP contribution in [-0.4, -0.2) is 30.4 Å². The van der Waals surface area contributed by atoms with Gasteiger partial charge < -0.3 is 14.4 Å². The van der Waals surface area contributed by atoms with E-state index in [1.54, 1.807) is 38.1 Å². The molecule has 174 valence electrons. The SMILES string of the molecule is CCN(CC)c1ccc(C=CC(=O)c2ccc(OC(=O)C(C)C)c3c2OC(C)(C)C=C3)cc1. The van der Waals surface area contributed by atoms with Crippen molar-refractivity contribution in [2.75, 3.05) is 18.0 Å². The third kappa shape index (κ3) is 5.72. The highest BCUT2D eigenvalue weighted by atomic mass is 16.5. The van der Waals surface area contributed by atoms with Gasteiger partial charge in [0.2, 0.25) is 0 Å². The van der Waals surface area contributed by atoms with E-state index in [9.17, 15) is 9.59 Å². The second kappa shape index (κ2) is 10.1. The minimum Gasteiger partial charge on any atom is -0.482 e. The summed E-state index contributed by atoms with van der Waals surface area (Å²) < 4.78 is 11.7. The third-order valence-electron chi connectivity index (χ3n) is 5.57. The van der Waals surface area contributed by atoms with E-state index in [0.29, 0.717) is 22.6 Å². The second-order valence-corrected chi connectivity index (χ2v) is 8.93. The number of benzene rings is 2. The first-order valence-corrected chi connectivity index (χ1v) is 11.5. The van der Waals surface area contributed by atoms with Gasteiger partial charge in [0.25, 0.3) is 0 Å². The summed E-state index contributed by atoms with van der Waals surface area (Å²) in [4.78, 5) is 27.5. The van der Waals surface area contributed by atoms with Gasteiger partial charge in [-0.15, -0.1) is 0 Å². The van der Waals surface area contributed by atoms with Crippen LogP contribution >= 0.6 is 0 Å². The lowest BCUT2D eigenvalue weighted by Crippen LogP contribution is -2.29. The predicted molar refractivity (Wildman–Crippen MR) is 134 cm³/mol. The van der Waals surface area contributed by atoms with Crippen molar-refractivity contribution in [1.29, 1.82) is 0 Å². The molecule has 0 unspecified atom stereocenters. The number of esters is 1. The molecule has 0 amide bonds. The van der Waals surface area contributed by atoms with Crippen molar-refractivity contribution in [2.45, 2.75) is 47.1 Å². The van der Waals surface area contributed by atoms with Gasteiger partial charge >= 0.3 is 5.97 Å². The maximum absolute atomic E-state index is 13.1. The van der Waals surface area contributed by atoms with E-state index in [1.165, 1.54) is 0 Å². The Kier molecular flexibility index (Phi) is 7.42. The molecule has 0 fully saturated rings. The highest BCUT2D eigenvalue weighted by Crippen LogP contribution is 2.40. The molecule has 0 saturated carbocycles. The van der Waals surface area contributed by atoms with Crippen LogP contribution in [0.2, 0.25) is 0 Å². The van der Waals surface area contributed by atoms with Crippen LogP contribution in [0.4, 0.5) is 5.69 Å². The zero-order valence-electron chi connectivity index (χ0n) is 20.3. The molecule has 5 heteroatoms. The number of anilines is 1. The van der Waals surface area contributed by atoms with Crippen LogP contribution in [-0.2, 0) is 4.79 Å². The van der Waals surface area contributed by atoms with Crippen LogP contribution in [0.5, 0.6) is 11.5 Å². The lowest BCUT2D eigenvalue weighted by molar-refractivity contribution is -0.137. The number of hydrogen-bond donors (Lipinski definition) is 0. The summed E-state index contributed by atoms with van der Waals surface area (Å²) in [5.74, 6) is 0.0588. The number of carbonyl (C=O) groups excluding carboxylic acids is 2. The lowest BCUT2D eigenvalue weighted by Gasteiger charge is -2.30. The first-order chi connectivity index (χ1) is 15.6. The molecule has 5 nitrogen and oxygen atoms in total. The van der Waals surface area contributed by atoms with Gasteiger partial charge in [-0.1, -0.05) is 32.1 Å². The number of fused-ring (bicyclic) bond motifs is 1. The summed E-state index contributed by atoms with van der Waals surface area (Å²) in [6.07, 6.45) is 7.10. The van der Waals surface area contributed by atoms with Crippen molar-refractivity contribution in [3.8, 4) is 11.5 Å². The van der Waals surface area contributed by atoms with E-state index in [0.717, 1.165) is 24.3 Å². The fourth-order valence-corrected chi connectivity index (χ4v) is 3.59. The largest absolute Gasteiger partial charge is 0.482 e. The average molecular weight is 448 g/mol. The molecule has 33 heavy (non-hydrogen) atoms. The molecule has 0 aliphatic carbocycles. The van der Waals surface area contributed by atoms with Gasteiger partial charge in [-0.2, -0.15) is 0 Å². The van der Waals surface area contributed by atoms with E-state index in [4.69, 9.17) is 9.47 Å². The van der Waals surface area contributed by atoms with Crippen molar-refractivity contribution in [2.24, 2.45) is 5.92 Å². The summed E-state index contributed by atoms with van der Waals surface area (Å²) in [7, 11) is 0. The van der Waals surface area contributed by atoms with Gasteiger partial charge in [-0.05, 0) is 75.8 Å². The van der Waals surface area contributed by atoms with Crippen molar-refractivity contribution >= 4 is 29.6 Å². The Balaban J connectivity index is 1.89. The minimum absolute atomic E-state index is 0.174. The summed E-state index contributed by atoms with van der Waals surface area (Å²) in [6.45, 7) is 13.5. The molecular weight excluding hydrogens is 414 g/mol. The maximum atomic E-state index is 13.1. The van der Waals surface area contributed by atoms with E-state index in [-0.39, 0.29) is 17.7 Å². The summed E-state index contributed by atoms with van der Waals surface area (Å²) in [5, 5.41) is 0. The fourth-order valence-electron chi connectivity index (χ4n) is 3.59. The van der Waals surface area contributed by atoms with Gasteiger partial charge in [0.15, 0.2) is 5.78 Å². The van der Waals surface area contributed by atoms with E-state index in [2.05, 4.69) is 30.9 Å². The standard InChI is InChI=1S/C28H33NO4/c1-7-29(8-2)21-12-9-20(10-13-21)11-15-24(30)22-14-16-25(32-27(31)19(3)4)23-17-18-28(5,6)33-26(22)23/h9-19H,7-8H2,1-6H3. The van der Waals surface area contributed by atoms with E-state index in [1.807, 2.05) is 38.1 Å². The van der Waals surface area contributed by atoms with Gasteiger partial charge in [0.05, 0.1) is 17.0 Å². The summed E-state index contributed by atoms with van der Waals surface area (Å²) in [5.41, 5.74) is 2.56. The molecule has 1 aliphatic heterocycles. The molecule has 1 aliphatic rings. The monoisotopic (exact) mass is 447 g/mol. The molecule has 0 bridgehead atoms. The maximum Gasteiger partial charge on any atom is 0.313 e. The average Bonchev–Trinajstić information content (AvgIpc) is 2.78. The first-order valence-electron chi connectivity index (χ1n) is 11.5. The van der Waals surface area contributed by atoms with Gasteiger partial charge in [0.1, 0.15) is 17.1 Å². The molecule has 2 aromatic rings. The zero-order chi connectivity index (χ0) is 24.2. The Morgan fingerprint density at radius 3 is 2.33 bits per heavy atom. The molecule has 1 heterocycles. The summed E-state index contributed by atoms with van der Waals surface area (Å²) in [6, 6.07) is 11.5. The number of rotatable bonds is 8. The molecule has 0 atom stereocenters. The van der Waals surface area contributed by atoms with Crippen molar-refractivity contribution in [3.05, 3.63) is 65.2 Å². The third-order valence-corrected chi connectivity index (χ3v) is 5.57. The van der Waals surface area contributed by atoms with Crippen molar-refractivity contribution < 1.29 is 19.1 Å². The van der Waals surface area contributed by atoms with Crippen LogP contribution in [0.25, 0.3) is 12.2 Å². The Hall–Kier alpha value is -3.34. The van der Waals surface area contributed by atoms with E-state index >= 15 is 0 Å². The number of ketones is 1. The van der Waals surface area contributed by atoms with Gasteiger partial charge in [0, 0.05) is 18.8 Å². The topological polar surface area (TPSA) is 55.8 Å². The molecule has 3 rings (SSSR count). The molecule has 0 saturated heterocycles. The molecular formula is C28H33NO4. The van der Waals surface area contributed by atoms with Crippen LogP contribution in [0, 0.1) is 5.92 Å². The molecule has 0 N–H and O–H groups in total. The highest BCUT2D eigenvalue weighted by Gasteiger charge is 2.28. The van der Waals surface area contributed by atoms with Crippen LogP contribution in [0.15, 0.2) is 48.6 Å². The Morgan fingerprint density at radius 2 is 1.73 bits per heavy atom. The number of ether oxygens (including phenoxy) is 2. The second-order valence-electron chi connectivity index (χ2n) is 8.93. The van der Waals surface area contributed by atoms with Crippen LogP contribution < -0.4 is 14.4 Å². The van der Waals surface area contributed by atoms with E-state index < -0.39 is 5.60 Å². The molecule has 0 aromatic heterocycles. The normalized spacial score (nSPS) is 14.2. The number of allylic oxidation sites excluding steroid dienone is 1. The Labute approximate surface area is 196 Å². The first kappa shape index (κ1) is 24.3. The quantitative estimate of drug-likeness (QED) is 0.209. The number of carbonyl (C=O) groups is 2. The Bertz CT molecular complexity index is 1070. The van der Waals surface area contributed by atoms with Gasteiger partial charge in [-0.25, -0.2) is 0 Å². The van der Waals surface area contributed by atoms with Crippen molar-refractivity contribution in [3.63, 3.8) is 0 Å².